The van der Waals surface area contributed by atoms with E-state index in [0.717, 1.165) is 0 Å². The molecule has 1 aromatic heterocycles. The summed E-state index contributed by atoms with van der Waals surface area (Å²) in [5.74, 6) is 1.09. The lowest BCUT2D eigenvalue weighted by Crippen LogP contribution is -2.30. The molecular weight excluding hydrogens is 238 g/mol. The minimum atomic E-state index is -0.195. The van der Waals surface area contributed by atoms with Gasteiger partial charge in [0.2, 0.25) is 0 Å². The molecule has 0 radical (unpaired) electrons. The average Bonchev–Trinajstić information content (AvgIpc) is 2.72. The first kappa shape index (κ1) is 12.3. The Hall–Kier alpha value is -1.16. The zero-order valence-corrected chi connectivity index (χ0v) is 10.6. The van der Waals surface area contributed by atoms with Crippen molar-refractivity contribution in [3.8, 4) is 0 Å². The topological polar surface area (TPSA) is 54.9 Å². The molecule has 0 aromatic carbocycles. The van der Waals surface area contributed by atoms with Crippen LogP contribution in [0.1, 0.15) is 36.7 Å². The second kappa shape index (κ2) is 5.45. The van der Waals surface area contributed by atoms with Crippen molar-refractivity contribution < 1.29 is 4.79 Å². The fourth-order valence-corrected chi connectivity index (χ4v) is 2.44. The smallest absolute Gasteiger partial charge is 0.271 e. The van der Waals surface area contributed by atoms with E-state index in [1.54, 1.807) is 0 Å². The molecule has 2 rings (SSSR count). The summed E-state index contributed by atoms with van der Waals surface area (Å²) in [5.41, 5.74) is 0.281. The number of nitrogens with one attached hydrogen (secondary N) is 1. The number of nitrogens with zero attached hydrogens (tertiary/aromatic N) is 2. The summed E-state index contributed by atoms with van der Waals surface area (Å²) in [5, 5.41) is 3.14. The Labute approximate surface area is 106 Å². The summed E-state index contributed by atoms with van der Waals surface area (Å²) < 4.78 is 0. The third kappa shape index (κ3) is 3.16. The molecule has 0 spiro atoms. The van der Waals surface area contributed by atoms with Gasteiger partial charge in [0.15, 0.2) is 0 Å². The summed E-state index contributed by atoms with van der Waals surface area (Å²) in [6, 6.07) is 0. The van der Waals surface area contributed by atoms with Crippen LogP contribution in [0.5, 0.6) is 0 Å². The molecule has 0 aliphatic heterocycles. The summed E-state index contributed by atoms with van der Waals surface area (Å²) in [6.45, 7) is 2.96. The van der Waals surface area contributed by atoms with Crippen molar-refractivity contribution in [3.63, 3.8) is 0 Å². The zero-order chi connectivity index (χ0) is 12.3. The van der Waals surface area contributed by atoms with Crippen molar-refractivity contribution >= 4 is 17.5 Å². The lowest BCUT2D eigenvalue weighted by Gasteiger charge is -2.15. The molecule has 2 unspecified atom stereocenters. The fraction of sp³-hybridized carbons (Fsp3) is 0.583. The van der Waals surface area contributed by atoms with Gasteiger partial charge in [0, 0.05) is 6.54 Å². The number of aromatic nitrogens is 2. The van der Waals surface area contributed by atoms with Crippen molar-refractivity contribution in [2.75, 3.05) is 6.54 Å². The Kier molecular flexibility index (Phi) is 3.94. The number of carbonyl (C=O) groups is 1. The van der Waals surface area contributed by atoms with Gasteiger partial charge in [0.05, 0.1) is 12.4 Å². The highest BCUT2D eigenvalue weighted by molar-refractivity contribution is 6.29. The normalized spacial score (nSPS) is 23.6. The van der Waals surface area contributed by atoms with Crippen molar-refractivity contribution in [1.82, 2.24) is 15.3 Å². The van der Waals surface area contributed by atoms with Gasteiger partial charge in [-0.2, -0.15) is 0 Å². The van der Waals surface area contributed by atoms with Crippen molar-refractivity contribution in [1.29, 1.82) is 0 Å². The van der Waals surface area contributed by atoms with Gasteiger partial charge in [0.1, 0.15) is 10.8 Å². The SMILES string of the molecule is CC1CCCC1CNC(=O)c1cncc(Cl)n1. The molecule has 92 valence electrons. The predicted octanol–water partition coefficient (Wildman–Crippen LogP) is 2.30. The van der Waals surface area contributed by atoms with Gasteiger partial charge in [-0.05, 0) is 18.3 Å². The van der Waals surface area contributed by atoms with Gasteiger partial charge in [-0.25, -0.2) is 4.98 Å². The highest BCUT2D eigenvalue weighted by atomic mass is 35.5. The molecule has 1 aliphatic rings. The molecule has 1 fully saturated rings. The van der Waals surface area contributed by atoms with Crippen LogP contribution in [0.2, 0.25) is 5.15 Å². The average molecular weight is 254 g/mol. The molecule has 0 saturated heterocycles. The first-order chi connectivity index (χ1) is 8.16. The molecule has 4 nitrogen and oxygen atoms in total. The molecule has 1 heterocycles. The zero-order valence-electron chi connectivity index (χ0n) is 9.82. The van der Waals surface area contributed by atoms with E-state index in [-0.39, 0.29) is 16.8 Å². The summed E-state index contributed by atoms with van der Waals surface area (Å²) >= 11 is 5.69. The summed E-state index contributed by atoms with van der Waals surface area (Å²) in [4.78, 5) is 19.6. The van der Waals surface area contributed by atoms with Crippen LogP contribution in [0.25, 0.3) is 0 Å². The van der Waals surface area contributed by atoms with Crippen LogP contribution in [0.3, 0.4) is 0 Å². The molecule has 0 bridgehead atoms. The maximum Gasteiger partial charge on any atom is 0.271 e. The van der Waals surface area contributed by atoms with E-state index >= 15 is 0 Å². The van der Waals surface area contributed by atoms with Gasteiger partial charge in [-0.1, -0.05) is 31.4 Å². The maximum absolute atomic E-state index is 11.8. The Morgan fingerprint density at radius 1 is 1.53 bits per heavy atom. The second-order valence-corrected chi connectivity index (χ2v) is 4.99. The predicted molar refractivity (Wildman–Crippen MR) is 65.9 cm³/mol. The largest absolute Gasteiger partial charge is 0.350 e. The van der Waals surface area contributed by atoms with E-state index in [1.165, 1.54) is 31.7 Å². The minimum Gasteiger partial charge on any atom is -0.350 e. The minimum absolute atomic E-state index is 0.195. The number of halogens is 1. The van der Waals surface area contributed by atoms with Crippen molar-refractivity contribution in [3.05, 3.63) is 23.2 Å². The molecule has 1 N–H and O–H groups in total. The molecule has 1 aromatic rings. The monoisotopic (exact) mass is 253 g/mol. The Morgan fingerprint density at radius 3 is 3.00 bits per heavy atom. The van der Waals surface area contributed by atoms with Gasteiger partial charge >= 0.3 is 0 Å². The molecule has 1 amide bonds. The van der Waals surface area contributed by atoms with Crippen molar-refractivity contribution in [2.45, 2.75) is 26.2 Å². The van der Waals surface area contributed by atoms with Crippen molar-refractivity contribution in [2.24, 2.45) is 11.8 Å². The summed E-state index contributed by atoms with van der Waals surface area (Å²) in [6.07, 6.45) is 6.57. The number of rotatable bonds is 3. The van der Waals surface area contributed by atoms with Crippen LogP contribution in [-0.2, 0) is 0 Å². The van der Waals surface area contributed by atoms with Crippen LogP contribution in [0.15, 0.2) is 12.4 Å². The standard InChI is InChI=1S/C12H16ClN3O/c1-8-3-2-4-9(8)5-15-12(17)10-6-14-7-11(13)16-10/h6-9H,2-5H2,1H3,(H,15,17). The first-order valence-electron chi connectivity index (χ1n) is 5.92. The van der Waals surface area contributed by atoms with Gasteiger partial charge in [0.25, 0.3) is 5.91 Å². The highest BCUT2D eigenvalue weighted by Crippen LogP contribution is 2.30. The summed E-state index contributed by atoms with van der Waals surface area (Å²) in [7, 11) is 0. The first-order valence-corrected chi connectivity index (χ1v) is 6.30. The number of hydrogen-bond donors (Lipinski definition) is 1. The number of hydrogen-bond acceptors (Lipinski definition) is 3. The Balaban J connectivity index is 1.89. The third-order valence-electron chi connectivity index (χ3n) is 3.40. The molecule has 1 saturated carbocycles. The second-order valence-electron chi connectivity index (χ2n) is 4.61. The molecule has 1 aliphatic carbocycles. The lowest BCUT2D eigenvalue weighted by molar-refractivity contribution is 0.0939. The van der Waals surface area contributed by atoms with E-state index in [2.05, 4.69) is 22.2 Å². The third-order valence-corrected chi connectivity index (χ3v) is 3.58. The van der Waals surface area contributed by atoms with Gasteiger partial charge in [-0.15, -0.1) is 0 Å². The molecule has 17 heavy (non-hydrogen) atoms. The van der Waals surface area contributed by atoms with Gasteiger partial charge in [-0.3, -0.25) is 9.78 Å². The van der Waals surface area contributed by atoms with E-state index in [0.29, 0.717) is 18.4 Å². The van der Waals surface area contributed by atoms with Gasteiger partial charge < -0.3 is 5.32 Å². The molecular formula is C12H16ClN3O. The Bertz CT molecular complexity index is 410. The van der Waals surface area contributed by atoms with E-state index < -0.39 is 0 Å². The fourth-order valence-electron chi connectivity index (χ4n) is 2.29. The number of carbonyl (C=O) groups excluding carboxylic acids is 1. The molecule has 2 atom stereocenters. The van der Waals surface area contributed by atoms with Crippen LogP contribution in [-0.4, -0.2) is 22.4 Å². The van der Waals surface area contributed by atoms with Crippen LogP contribution >= 0.6 is 11.6 Å². The maximum atomic E-state index is 11.8. The van der Waals surface area contributed by atoms with E-state index in [4.69, 9.17) is 11.6 Å². The molecule has 5 heteroatoms. The van der Waals surface area contributed by atoms with E-state index in [1.807, 2.05) is 0 Å². The highest BCUT2D eigenvalue weighted by Gasteiger charge is 2.23. The van der Waals surface area contributed by atoms with Crippen LogP contribution in [0.4, 0.5) is 0 Å². The lowest BCUT2D eigenvalue weighted by atomic mass is 9.98. The number of amides is 1. The van der Waals surface area contributed by atoms with Crippen LogP contribution in [0, 0.1) is 11.8 Å². The Morgan fingerprint density at radius 2 is 2.35 bits per heavy atom. The quantitative estimate of drug-likeness (QED) is 0.899. The van der Waals surface area contributed by atoms with Crippen LogP contribution < -0.4 is 5.32 Å². The van der Waals surface area contributed by atoms with E-state index in [9.17, 15) is 4.79 Å².